The van der Waals surface area contributed by atoms with Crippen LogP contribution in [-0.2, 0) is 0 Å². The zero-order valence-electron chi connectivity index (χ0n) is 12.4. The van der Waals surface area contributed by atoms with E-state index in [1.165, 1.54) is 5.70 Å². The lowest BCUT2D eigenvalue weighted by Gasteiger charge is -2.08. The average molecular weight is 278 g/mol. The molecular formula is C19H22N2. The van der Waals surface area contributed by atoms with Gasteiger partial charge in [0.05, 0.1) is 0 Å². The van der Waals surface area contributed by atoms with E-state index in [0.29, 0.717) is 0 Å². The van der Waals surface area contributed by atoms with Crippen molar-refractivity contribution in [1.82, 2.24) is 0 Å². The van der Waals surface area contributed by atoms with Gasteiger partial charge in [0.1, 0.15) is 0 Å². The smallest absolute Gasteiger partial charge is 0.0381 e. The highest BCUT2D eigenvalue weighted by Crippen LogP contribution is 2.11. The summed E-state index contributed by atoms with van der Waals surface area (Å²) in [6.45, 7) is 2.97. The van der Waals surface area contributed by atoms with E-state index in [2.05, 4.69) is 60.1 Å². The highest BCUT2D eigenvalue weighted by molar-refractivity contribution is 5.48. The van der Waals surface area contributed by atoms with E-state index < -0.39 is 0 Å². The summed E-state index contributed by atoms with van der Waals surface area (Å²) in [5.74, 6) is 0. The van der Waals surface area contributed by atoms with Crippen LogP contribution in [0.25, 0.3) is 0 Å². The van der Waals surface area contributed by atoms with Gasteiger partial charge in [0.25, 0.3) is 0 Å². The molecule has 0 heterocycles. The van der Waals surface area contributed by atoms with Gasteiger partial charge in [-0.1, -0.05) is 55.5 Å². The molecule has 2 aromatic rings. The highest BCUT2D eigenvalue weighted by Gasteiger charge is 1.93. The molecule has 2 N–H and O–H groups in total. The number of nitrogens with one attached hydrogen (secondary N) is 2. The molecule has 0 aromatic heterocycles. The van der Waals surface area contributed by atoms with Gasteiger partial charge < -0.3 is 10.6 Å². The van der Waals surface area contributed by atoms with Gasteiger partial charge in [-0.25, -0.2) is 0 Å². The summed E-state index contributed by atoms with van der Waals surface area (Å²) in [5, 5.41) is 6.78. The van der Waals surface area contributed by atoms with Gasteiger partial charge in [-0.3, -0.25) is 0 Å². The molecule has 2 nitrogen and oxygen atoms in total. The predicted octanol–water partition coefficient (Wildman–Crippen LogP) is 5.06. The first-order valence-corrected chi connectivity index (χ1v) is 7.35. The molecule has 0 fully saturated rings. The largest absolute Gasteiger partial charge is 0.382 e. The molecule has 2 aromatic carbocycles. The second kappa shape index (κ2) is 8.64. The molecule has 0 spiro atoms. The van der Waals surface area contributed by atoms with Gasteiger partial charge in [0, 0.05) is 23.6 Å². The van der Waals surface area contributed by atoms with E-state index in [-0.39, 0.29) is 0 Å². The Morgan fingerprint density at radius 1 is 0.905 bits per heavy atom. The third-order valence-electron chi connectivity index (χ3n) is 3.09. The van der Waals surface area contributed by atoms with Crippen molar-refractivity contribution in [1.29, 1.82) is 0 Å². The van der Waals surface area contributed by atoms with Crippen LogP contribution in [0.3, 0.4) is 0 Å². The van der Waals surface area contributed by atoms with E-state index in [1.54, 1.807) is 0 Å². The maximum atomic E-state index is 3.43. The summed E-state index contributed by atoms with van der Waals surface area (Å²) < 4.78 is 0. The number of rotatable bonds is 7. The Kier molecular flexibility index (Phi) is 6.14. The number of hydrogen-bond donors (Lipinski definition) is 2. The third-order valence-corrected chi connectivity index (χ3v) is 3.09. The van der Waals surface area contributed by atoms with Crippen LogP contribution in [0.1, 0.15) is 13.3 Å². The molecule has 2 rings (SSSR count). The third kappa shape index (κ3) is 5.57. The van der Waals surface area contributed by atoms with Crippen LogP contribution in [-0.4, -0.2) is 6.54 Å². The summed E-state index contributed by atoms with van der Waals surface area (Å²) in [5.41, 5.74) is 3.47. The van der Waals surface area contributed by atoms with Gasteiger partial charge in [-0.05, 0) is 36.8 Å². The van der Waals surface area contributed by atoms with E-state index in [9.17, 15) is 0 Å². The molecule has 0 amide bonds. The normalized spacial score (nSPS) is 11.6. The first-order valence-electron chi connectivity index (χ1n) is 7.35. The van der Waals surface area contributed by atoms with Crippen LogP contribution in [0.4, 0.5) is 11.4 Å². The molecule has 108 valence electrons. The Balaban J connectivity index is 1.82. The molecule has 0 unspecified atom stereocenters. The topological polar surface area (TPSA) is 24.1 Å². The Labute approximate surface area is 127 Å². The summed E-state index contributed by atoms with van der Waals surface area (Å²) in [6.07, 6.45) is 7.31. The number of benzene rings is 2. The Morgan fingerprint density at radius 2 is 1.52 bits per heavy atom. The molecule has 0 aliphatic heterocycles. The minimum atomic E-state index is 0.822. The maximum absolute atomic E-state index is 3.43. The van der Waals surface area contributed by atoms with Gasteiger partial charge in [0.2, 0.25) is 0 Å². The van der Waals surface area contributed by atoms with Crippen LogP contribution < -0.4 is 10.6 Å². The van der Waals surface area contributed by atoms with Gasteiger partial charge in [-0.2, -0.15) is 0 Å². The number of anilines is 2. The molecule has 0 saturated carbocycles. The van der Waals surface area contributed by atoms with E-state index in [0.717, 1.165) is 24.3 Å². The van der Waals surface area contributed by atoms with Crippen molar-refractivity contribution >= 4 is 11.4 Å². The molecule has 0 radical (unpaired) electrons. The summed E-state index contributed by atoms with van der Waals surface area (Å²) in [4.78, 5) is 0. The second-order valence-electron chi connectivity index (χ2n) is 4.71. The van der Waals surface area contributed by atoms with Crippen molar-refractivity contribution in [2.24, 2.45) is 0 Å². The molecule has 0 saturated heterocycles. The van der Waals surface area contributed by atoms with Crippen LogP contribution in [0, 0.1) is 0 Å². The standard InChI is InChI=1S/C19H22N2/c1-2-17(21-19-14-7-4-8-15-19)11-9-10-16-20-18-12-5-3-6-13-18/h3-15,20-21H,2,16H2,1H3/b10-9-,17-11+. The molecule has 0 atom stereocenters. The lowest BCUT2D eigenvalue weighted by molar-refractivity contribution is 1.10. The minimum absolute atomic E-state index is 0.822. The SMILES string of the molecule is CC/C(=C\C=C/CNc1ccccc1)Nc1ccccc1. The van der Waals surface area contributed by atoms with E-state index in [4.69, 9.17) is 0 Å². The predicted molar refractivity (Wildman–Crippen MR) is 92.5 cm³/mol. The second-order valence-corrected chi connectivity index (χ2v) is 4.71. The number of hydrogen-bond acceptors (Lipinski definition) is 2. The first kappa shape index (κ1) is 14.9. The van der Waals surface area contributed by atoms with E-state index in [1.807, 2.05) is 36.4 Å². The fraction of sp³-hybridized carbons (Fsp3) is 0.158. The van der Waals surface area contributed by atoms with Gasteiger partial charge in [-0.15, -0.1) is 0 Å². The van der Waals surface area contributed by atoms with Crippen LogP contribution in [0.2, 0.25) is 0 Å². The summed E-state index contributed by atoms with van der Waals surface area (Å²) in [7, 11) is 0. The monoisotopic (exact) mass is 278 g/mol. The van der Waals surface area contributed by atoms with Crippen LogP contribution in [0.15, 0.2) is 84.6 Å². The lowest BCUT2D eigenvalue weighted by atomic mass is 10.2. The molecule has 0 aliphatic carbocycles. The van der Waals surface area contributed by atoms with Gasteiger partial charge >= 0.3 is 0 Å². The number of para-hydroxylation sites is 2. The van der Waals surface area contributed by atoms with Crippen LogP contribution >= 0.6 is 0 Å². The zero-order chi connectivity index (χ0) is 14.8. The fourth-order valence-corrected chi connectivity index (χ4v) is 1.94. The molecule has 21 heavy (non-hydrogen) atoms. The van der Waals surface area contributed by atoms with Crippen molar-refractivity contribution in [3.63, 3.8) is 0 Å². The highest BCUT2D eigenvalue weighted by atomic mass is 14.9. The Bertz CT molecular complexity index is 571. The maximum Gasteiger partial charge on any atom is 0.0381 e. The van der Waals surface area contributed by atoms with Crippen molar-refractivity contribution < 1.29 is 0 Å². The van der Waals surface area contributed by atoms with Crippen molar-refractivity contribution in [2.75, 3.05) is 17.2 Å². The molecular weight excluding hydrogens is 256 g/mol. The Hall–Kier alpha value is -2.48. The van der Waals surface area contributed by atoms with Crippen LogP contribution in [0.5, 0.6) is 0 Å². The molecule has 0 bridgehead atoms. The van der Waals surface area contributed by atoms with Crippen molar-refractivity contribution in [3.05, 3.63) is 84.6 Å². The molecule has 0 aliphatic rings. The summed E-state index contributed by atoms with van der Waals surface area (Å²) in [6, 6.07) is 20.5. The molecule has 2 heteroatoms. The average Bonchev–Trinajstić information content (AvgIpc) is 2.55. The van der Waals surface area contributed by atoms with Gasteiger partial charge in [0.15, 0.2) is 0 Å². The summed E-state index contributed by atoms with van der Waals surface area (Å²) >= 11 is 0. The van der Waals surface area contributed by atoms with Crippen molar-refractivity contribution in [3.8, 4) is 0 Å². The quantitative estimate of drug-likeness (QED) is 0.692. The fourth-order valence-electron chi connectivity index (χ4n) is 1.94. The Morgan fingerprint density at radius 3 is 2.14 bits per heavy atom. The minimum Gasteiger partial charge on any atom is -0.382 e. The number of allylic oxidation sites excluding steroid dienone is 3. The zero-order valence-corrected chi connectivity index (χ0v) is 12.4. The van der Waals surface area contributed by atoms with E-state index >= 15 is 0 Å². The van der Waals surface area contributed by atoms with Crippen molar-refractivity contribution in [2.45, 2.75) is 13.3 Å². The first-order chi connectivity index (χ1) is 10.4. The lowest BCUT2D eigenvalue weighted by Crippen LogP contribution is -1.98.